The second-order valence-corrected chi connectivity index (χ2v) is 9.32. The van der Waals surface area contributed by atoms with Crippen molar-refractivity contribution in [2.75, 3.05) is 19.0 Å². The number of hydrogen-bond acceptors (Lipinski definition) is 6. The van der Waals surface area contributed by atoms with E-state index in [2.05, 4.69) is 16.1 Å². The number of ether oxygens (including phenoxy) is 1. The molecular weight excluding hydrogens is 410 g/mol. The fourth-order valence-corrected chi connectivity index (χ4v) is 2.79. The smallest absolute Gasteiger partial charge is 0.246 e. The summed E-state index contributed by atoms with van der Waals surface area (Å²) in [5.74, 6) is -0.382. The molecule has 0 saturated heterocycles. The number of hydrogen-bond donors (Lipinski definition) is 3. The van der Waals surface area contributed by atoms with Crippen molar-refractivity contribution in [1.29, 1.82) is 0 Å². The van der Waals surface area contributed by atoms with Gasteiger partial charge < -0.3 is 20.2 Å². The Morgan fingerprint density at radius 1 is 1.03 bits per heavy atom. The van der Waals surface area contributed by atoms with Crippen LogP contribution in [0.4, 0.5) is 5.69 Å². The van der Waals surface area contributed by atoms with Crippen molar-refractivity contribution in [2.24, 2.45) is 5.41 Å². The molecule has 0 heterocycles. The minimum absolute atomic E-state index is 0.132. The molecule has 180 valence electrons. The van der Waals surface area contributed by atoms with Crippen LogP contribution in [0.25, 0.3) is 0 Å². The highest BCUT2D eigenvalue weighted by atomic mass is 16.6. The lowest BCUT2D eigenvalue weighted by molar-refractivity contribution is -0.134. The molecule has 0 saturated carbocycles. The van der Waals surface area contributed by atoms with Gasteiger partial charge in [0.1, 0.15) is 11.8 Å². The number of ketones is 1. The number of Topliss-reactive ketones (excluding diaryl/α,β-unsaturated/α-hetero) is 1. The summed E-state index contributed by atoms with van der Waals surface area (Å²) in [4.78, 5) is 41.5. The summed E-state index contributed by atoms with van der Waals surface area (Å²) in [6.07, 6.45) is 1.60. The lowest BCUT2D eigenvalue weighted by Gasteiger charge is -2.29. The van der Waals surface area contributed by atoms with Crippen LogP contribution in [-0.2, 0) is 30.6 Å². The van der Waals surface area contributed by atoms with Crippen LogP contribution in [-0.4, -0.2) is 42.9 Å². The summed E-state index contributed by atoms with van der Waals surface area (Å²) >= 11 is 0. The highest BCUT2D eigenvalue weighted by Gasteiger charge is 2.31. The maximum absolute atomic E-state index is 12.7. The highest BCUT2D eigenvalue weighted by molar-refractivity contribution is 5.97. The largest absolute Gasteiger partial charge is 0.376 e. The van der Waals surface area contributed by atoms with Gasteiger partial charge in [0.05, 0.1) is 12.2 Å². The summed E-state index contributed by atoms with van der Waals surface area (Å²) in [6.45, 7) is 11.6. The van der Waals surface area contributed by atoms with E-state index in [0.717, 1.165) is 5.56 Å². The van der Waals surface area contributed by atoms with E-state index < -0.39 is 17.1 Å². The molecule has 0 aliphatic carbocycles. The van der Waals surface area contributed by atoms with Crippen LogP contribution < -0.4 is 16.1 Å². The van der Waals surface area contributed by atoms with Crippen molar-refractivity contribution in [3.8, 4) is 0 Å². The first-order valence-corrected chi connectivity index (χ1v) is 11.0. The molecule has 0 aliphatic rings. The highest BCUT2D eigenvalue weighted by Crippen LogP contribution is 2.24. The summed E-state index contributed by atoms with van der Waals surface area (Å²) in [6, 6.07) is 6.60. The maximum Gasteiger partial charge on any atom is 0.246 e. The second kappa shape index (κ2) is 12.7. The lowest BCUT2D eigenvalue weighted by atomic mass is 9.88. The van der Waals surface area contributed by atoms with Gasteiger partial charge >= 0.3 is 0 Å². The average molecular weight is 450 g/mol. The van der Waals surface area contributed by atoms with Crippen molar-refractivity contribution < 1.29 is 24.0 Å². The first-order chi connectivity index (χ1) is 14.9. The standard InChI is InChI=1S/C24H39N3O5/c1-17(28)12-13-24(5,6)31-15-14-23(3,4)22(30)26-18(2)21(29)27-20-10-8-19(9-11-20)16-32-25-7/h8-11,18,25H,12-16H2,1-7H3,(H,26,30)(H,27,29)/t18-/m1/s1. The Morgan fingerprint density at radius 2 is 1.66 bits per heavy atom. The molecule has 1 rings (SSSR count). The summed E-state index contributed by atoms with van der Waals surface area (Å²) in [5.41, 5.74) is 3.08. The zero-order chi connectivity index (χ0) is 24.4. The second-order valence-electron chi connectivity index (χ2n) is 9.32. The Labute approximate surface area is 191 Å². The van der Waals surface area contributed by atoms with Gasteiger partial charge in [-0.3, -0.25) is 14.4 Å². The van der Waals surface area contributed by atoms with E-state index in [-0.39, 0.29) is 17.6 Å². The summed E-state index contributed by atoms with van der Waals surface area (Å²) in [7, 11) is 1.69. The van der Waals surface area contributed by atoms with Crippen molar-refractivity contribution in [3.63, 3.8) is 0 Å². The van der Waals surface area contributed by atoms with Crippen molar-refractivity contribution in [1.82, 2.24) is 10.8 Å². The van der Waals surface area contributed by atoms with E-state index in [0.29, 0.717) is 38.2 Å². The number of benzene rings is 1. The predicted octanol–water partition coefficient (Wildman–Crippen LogP) is 3.36. The Morgan fingerprint density at radius 3 is 2.22 bits per heavy atom. The number of amides is 2. The Bertz CT molecular complexity index is 759. The lowest BCUT2D eigenvalue weighted by Crippen LogP contribution is -2.47. The Hall–Kier alpha value is -2.29. The third kappa shape index (κ3) is 10.3. The van der Waals surface area contributed by atoms with Gasteiger partial charge in [-0.15, -0.1) is 0 Å². The monoisotopic (exact) mass is 449 g/mol. The van der Waals surface area contributed by atoms with Crippen molar-refractivity contribution >= 4 is 23.3 Å². The van der Waals surface area contributed by atoms with Crippen LogP contribution in [0, 0.1) is 5.41 Å². The maximum atomic E-state index is 12.7. The quantitative estimate of drug-likeness (QED) is 0.376. The fourth-order valence-electron chi connectivity index (χ4n) is 2.79. The molecule has 2 amide bonds. The van der Waals surface area contributed by atoms with Gasteiger partial charge in [-0.25, -0.2) is 5.48 Å². The fraction of sp³-hybridized carbons (Fsp3) is 0.625. The number of carbonyl (C=O) groups excluding carboxylic acids is 3. The normalized spacial score (nSPS) is 12.8. The van der Waals surface area contributed by atoms with Gasteiger partial charge in [0.2, 0.25) is 11.8 Å². The first kappa shape index (κ1) is 27.7. The van der Waals surface area contributed by atoms with Crippen molar-refractivity contribution in [3.05, 3.63) is 29.8 Å². The Kier molecular flexibility index (Phi) is 11.0. The van der Waals surface area contributed by atoms with E-state index >= 15 is 0 Å². The topological polar surface area (TPSA) is 106 Å². The van der Waals surface area contributed by atoms with Crippen LogP contribution in [0.5, 0.6) is 0 Å². The molecule has 0 aliphatic heterocycles. The Balaban J connectivity index is 2.50. The zero-order valence-corrected chi connectivity index (χ0v) is 20.5. The van der Waals surface area contributed by atoms with Gasteiger partial charge in [0, 0.05) is 31.2 Å². The summed E-state index contributed by atoms with van der Waals surface area (Å²) < 4.78 is 5.91. The molecule has 8 heteroatoms. The summed E-state index contributed by atoms with van der Waals surface area (Å²) in [5, 5.41) is 5.59. The van der Waals surface area contributed by atoms with Crippen LogP contribution in [0.2, 0.25) is 0 Å². The van der Waals surface area contributed by atoms with E-state index in [9.17, 15) is 14.4 Å². The molecule has 8 nitrogen and oxygen atoms in total. The molecular formula is C24H39N3O5. The number of carbonyl (C=O) groups is 3. The van der Waals surface area contributed by atoms with Gasteiger partial charge in [-0.1, -0.05) is 26.0 Å². The molecule has 0 aromatic heterocycles. The molecule has 0 unspecified atom stereocenters. The molecule has 32 heavy (non-hydrogen) atoms. The number of anilines is 1. The first-order valence-electron chi connectivity index (χ1n) is 11.0. The van der Waals surface area contributed by atoms with Crippen LogP contribution in [0.3, 0.4) is 0 Å². The minimum Gasteiger partial charge on any atom is -0.376 e. The SMILES string of the molecule is CNOCc1ccc(NC(=O)[C@@H](C)NC(=O)C(C)(C)CCOC(C)(C)CCC(C)=O)cc1. The van der Waals surface area contributed by atoms with E-state index in [1.807, 2.05) is 39.8 Å². The zero-order valence-electron chi connectivity index (χ0n) is 20.5. The molecule has 0 fully saturated rings. The molecule has 1 aromatic rings. The van der Waals surface area contributed by atoms with E-state index in [4.69, 9.17) is 9.57 Å². The molecule has 0 spiro atoms. The molecule has 0 bridgehead atoms. The molecule has 1 atom stereocenters. The van der Waals surface area contributed by atoms with Crippen LogP contribution in [0.15, 0.2) is 24.3 Å². The average Bonchev–Trinajstić information content (AvgIpc) is 2.71. The van der Waals surface area contributed by atoms with Gasteiger partial charge in [-0.05, 0) is 58.2 Å². The van der Waals surface area contributed by atoms with Gasteiger partial charge in [-0.2, -0.15) is 0 Å². The van der Waals surface area contributed by atoms with Crippen LogP contribution >= 0.6 is 0 Å². The molecule has 1 aromatic carbocycles. The van der Waals surface area contributed by atoms with Crippen molar-refractivity contribution in [2.45, 2.75) is 79.1 Å². The van der Waals surface area contributed by atoms with E-state index in [1.54, 1.807) is 33.0 Å². The molecule has 0 radical (unpaired) electrons. The number of rotatable bonds is 14. The number of hydroxylamine groups is 1. The van der Waals surface area contributed by atoms with E-state index in [1.165, 1.54) is 0 Å². The third-order valence-corrected chi connectivity index (χ3v) is 5.26. The van der Waals surface area contributed by atoms with Gasteiger partial charge in [0.15, 0.2) is 0 Å². The minimum atomic E-state index is -0.708. The van der Waals surface area contributed by atoms with Crippen LogP contribution in [0.1, 0.15) is 66.4 Å². The number of nitrogens with one attached hydrogen (secondary N) is 3. The third-order valence-electron chi connectivity index (χ3n) is 5.26. The molecule has 3 N–H and O–H groups in total. The predicted molar refractivity (Wildman–Crippen MR) is 125 cm³/mol. The van der Waals surface area contributed by atoms with Gasteiger partial charge in [0.25, 0.3) is 0 Å².